The number of anilines is 1. The number of aromatic carboxylic acids is 1. The van der Waals surface area contributed by atoms with E-state index in [2.05, 4.69) is 9.97 Å². The molecule has 0 bridgehead atoms. The zero-order valence-corrected chi connectivity index (χ0v) is 8.59. The molecule has 0 aliphatic carbocycles. The van der Waals surface area contributed by atoms with Crippen LogP contribution in [0, 0.1) is 5.82 Å². The molecule has 0 atom stereocenters. The van der Waals surface area contributed by atoms with Crippen molar-refractivity contribution in [2.24, 2.45) is 0 Å². The second-order valence-corrected chi connectivity index (χ2v) is 3.30. The topological polar surface area (TPSA) is 89.1 Å². The maximum Gasteiger partial charge on any atom is 0.356 e. The molecule has 0 unspecified atom stereocenters. The summed E-state index contributed by atoms with van der Waals surface area (Å²) in [6, 6.07) is 5.60. The van der Waals surface area contributed by atoms with E-state index in [0.29, 0.717) is 11.4 Å². The number of halogens is 1. The average molecular weight is 233 g/mol. The molecule has 0 amide bonds. The number of nitrogen functional groups attached to an aromatic ring is 1. The summed E-state index contributed by atoms with van der Waals surface area (Å²) in [5.74, 6) is -1.69. The molecule has 2 aromatic rings. The van der Waals surface area contributed by atoms with Crippen LogP contribution >= 0.6 is 0 Å². The molecule has 2 rings (SSSR count). The minimum Gasteiger partial charge on any atom is -0.476 e. The first-order valence-corrected chi connectivity index (χ1v) is 4.69. The summed E-state index contributed by atoms with van der Waals surface area (Å²) < 4.78 is 12.7. The van der Waals surface area contributed by atoms with Crippen LogP contribution in [0.15, 0.2) is 30.5 Å². The Morgan fingerprint density at radius 2 is 1.94 bits per heavy atom. The van der Waals surface area contributed by atoms with Crippen molar-refractivity contribution in [3.05, 3.63) is 42.0 Å². The van der Waals surface area contributed by atoms with E-state index in [-0.39, 0.29) is 11.4 Å². The van der Waals surface area contributed by atoms with Gasteiger partial charge in [-0.1, -0.05) is 0 Å². The van der Waals surface area contributed by atoms with Gasteiger partial charge < -0.3 is 10.8 Å². The van der Waals surface area contributed by atoms with Crippen LogP contribution in [0.2, 0.25) is 0 Å². The summed E-state index contributed by atoms with van der Waals surface area (Å²) in [5, 5.41) is 8.86. The lowest BCUT2D eigenvalue weighted by molar-refractivity contribution is 0.0692. The molecule has 17 heavy (non-hydrogen) atoms. The van der Waals surface area contributed by atoms with Gasteiger partial charge in [-0.15, -0.1) is 0 Å². The fourth-order valence-corrected chi connectivity index (χ4v) is 1.31. The van der Waals surface area contributed by atoms with Crippen LogP contribution in [0.1, 0.15) is 10.5 Å². The number of carbonyl (C=O) groups is 1. The first-order chi connectivity index (χ1) is 8.08. The molecule has 0 spiro atoms. The van der Waals surface area contributed by atoms with Gasteiger partial charge in [-0.25, -0.2) is 14.2 Å². The van der Waals surface area contributed by atoms with Gasteiger partial charge in [0, 0.05) is 0 Å². The summed E-state index contributed by atoms with van der Waals surface area (Å²) in [6.07, 6.45) is 1.04. The van der Waals surface area contributed by atoms with E-state index in [9.17, 15) is 9.18 Å². The van der Waals surface area contributed by atoms with Gasteiger partial charge in [0.1, 0.15) is 5.82 Å². The predicted octanol–water partition coefficient (Wildman–Crippen LogP) is 1.56. The minimum atomic E-state index is -1.22. The van der Waals surface area contributed by atoms with Gasteiger partial charge in [0.2, 0.25) is 0 Å². The number of rotatable bonds is 2. The molecule has 0 aliphatic rings. The van der Waals surface area contributed by atoms with E-state index < -0.39 is 11.8 Å². The molecule has 3 N–H and O–H groups in total. The lowest BCUT2D eigenvalue weighted by Gasteiger charge is -2.03. The molecule has 6 heteroatoms. The number of aromatic nitrogens is 2. The highest BCUT2D eigenvalue weighted by molar-refractivity contribution is 5.91. The predicted molar refractivity (Wildman–Crippen MR) is 58.8 cm³/mol. The van der Waals surface area contributed by atoms with Gasteiger partial charge in [-0.2, -0.15) is 0 Å². The minimum absolute atomic E-state index is 0.0726. The van der Waals surface area contributed by atoms with Crippen molar-refractivity contribution in [1.29, 1.82) is 0 Å². The zero-order valence-electron chi connectivity index (χ0n) is 8.59. The van der Waals surface area contributed by atoms with Crippen LogP contribution in [0.5, 0.6) is 0 Å². The van der Waals surface area contributed by atoms with Gasteiger partial charge in [0.15, 0.2) is 5.69 Å². The van der Waals surface area contributed by atoms with Crippen molar-refractivity contribution in [3.63, 3.8) is 0 Å². The molecule has 5 nitrogen and oxygen atoms in total. The number of nitrogens with zero attached hydrogens (tertiary/aromatic N) is 2. The Hall–Kier alpha value is -2.50. The summed E-state index contributed by atoms with van der Waals surface area (Å²) in [5.41, 5.74) is 6.01. The van der Waals surface area contributed by atoms with Crippen LogP contribution in [0.4, 0.5) is 10.1 Å². The number of nitrogens with two attached hydrogens (primary N) is 1. The van der Waals surface area contributed by atoms with E-state index in [1.165, 1.54) is 24.3 Å². The molecular weight excluding hydrogens is 225 g/mol. The van der Waals surface area contributed by atoms with E-state index >= 15 is 0 Å². The molecule has 0 radical (unpaired) electrons. The average Bonchev–Trinajstić information content (AvgIpc) is 2.30. The largest absolute Gasteiger partial charge is 0.476 e. The fraction of sp³-hybridized carbons (Fsp3) is 0. The van der Waals surface area contributed by atoms with E-state index in [4.69, 9.17) is 10.8 Å². The van der Waals surface area contributed by atoms with Crippen molar-refractivity contribution in [3.8, 4) is 11.4 Å². The molecule has 2 heterocycles. The Labute approximate surface area is 95.8 Å². The van der Waals surface area contributed by atoms with Gasteiger partial charge in [-0.05, 0) is 24.3 Å². The molecule has 0 aliphatic heterocycles. The number of hydrogen-bond acceptors (Lipinski definition) is 4. The van der Waals surface area contributed by atoms with Crippen LogP contribution in [0.25, 0.3) is 11.4 Å². The summed E-state index contributed by atoms with van der Waals surface area (Å²) in [6.45, 7) is 0. The molecule has 0 aromatic carbocycles. The van der Waals surface area contributed by atoms with Crippen LogP contribution in [-0.4, -0.2) is 21.0 Å². The normalized spacial score (nSPS) is 10.2. The van der Waals surface area contributed by atoms with Gasteiger partial charge >= 0.3 is 5.97 Å². The first-order valence-electron chi connectivity index (χ1n) is 4.69. The maximum absolute atomic E-state index is 12.7. The maximum atomic E-state index is 12.7. The second kappa shape index (κ2) is 4.17. The third kappa shape index (κ3) is 2.20. The van der Waals surface area contributed by atoms with Crippen molar-refractivity contribution < 1.29 is 14.3 Å². The Balaban J connectivity index is 2.50. The second-order valence-electron chi connectivity index (χ2n) is 3.30. The molecule has 2 aromatic heterocycles. The summed E-state index contributed by atoms with van der Waals surface area (Å²) in [4.78, 5) is 18.5. The third-order valence-corrected chi connectivity index (χ3v) is 2.12. The number of hydrogen-bond donors (Lipinski definition) is 2. The zero-order chi connectivity index (χ0) is 12.4. The SMILES string of the molecule is Nc1ccc(-c2ccc(F)cn2)nc1C(=O)O. The number of pyridine rings is 2. The smallest absolute Gasteiger partial charge is 0.356 e. The van der Waals surface area contributed by atoms with Crippen molar-refractivity contribution in [2.45, 2.75) is 0 Å². The van der Waals surface area contributed by atoms with Crippen LogP contribution in [-0.2, 0) is 0 Å². The lowest BCUT2D eigenvalue weighted by Crippen LogP contribution is -2.06. The Morgan fingerprint density at radius 1 is 1.24 bits per heavy atom. The summed E-state index contributed by atoms with van der Waals surface area (Å²) >= 11 is 0. The summed E-state index contributed by atoms with van der Waals surface area (Å²) in [7, 11) is 0. The Kier molecular flexibility index (Phi) is 2.70. The number of carboxylic acids is 1. The molecule has 0 fully saturated rings. The van der Waals surface area contributed by atoms with Gasteiger partial charge in [0.05, 0.1) is 23.3 Å². The van der Waals surface area contributed by atoms with Gasteiger partial charge in [0.25, 0.3) is 0 Å². The lowest BCUT2D eigenvalue weighted by atomic mass is 10.2. The van der Waals surface area contributed by atoms with E-state index in [0.717, 1.165) is 6.20 Å². The molecule has 0 saturated heterocycles. The van der Waals surface area contributed by atoms with E-state index in [1.54, 1.807) is 0 Å². The molecule has 86 valence electrons. The standard InChI is InChI=1S/C11H8FN3O2/c12-6-1-3-8(14-5-6)9-4-2-7(13)10(15-9)11(16)17/h1-5H,13H2,(H,16,17). The van der Waals surface area contributed by atoms with Crippen molar-refractivity contribution >= 4 is 11.7 Å². The van der Waals surface area contributed by atoms with Gasteiger partial charge in [-0.3, -0.25) is 4.98 Å². The highest BCUT2D eigenvalue weighted by Gasteiger charge is 2.12. The third-order valence-electron chi connectivity index (χ3n) is 2.12. The van der Waals surface area contributed by atoms with Crippen molar-refractivity contribution in [2.75, 3.05) is 5.73 Å². The fourth-order valence-electron chi connectivity index (χ4n) is 1.31. The first kappa shape index (κ1) is 11.0. The van der Waals surface area contributed by atoms with Crippen molar-refractivity contribution in [1.82, 2.24) is 9.97 Å². The molecule has 0 saturated carbocycles. The highest BCUT2D eigenvalue weighted by Crippen LogP contribution is 2.18. The van der Waals surface area contributed by atoms with Crippen LogP contribution < -0.4 is 5.73 Å². The molecular formula is C11H8FN3O2. The highest BCUT2D eigenvalue weighted by atomic mass is 19.1. The monoisotopic (exact) mass is 233 g/mol. The number of carboxylic acid groups (broad SMARTS) is 1. The Morgan fingerprint density at radius 3 is 2.53 bits per heavy atom. The van der Waals surface area contributed by atoms with Crippen LogP contribution in [0.3, 0.4) is 0 Å². The van der Waals surface area contributed by atoms with E-state index in [1.807, 2.05) is 0 Å². The quantitative estimate of drug-likeness (QED) is 0.821. The Bertz CT molecular complexity index is 569.